The lowest BCUT2D eigenvalue weighted by molar-refractivity contribution is 0.585. The predicted octanol–water partition coefficient (Wildman–Crippen LogP) is 3.29. The van der Waals surface area contributed by atoms with E-state index in [1.165, 1.54) is 0 Å². The molecule has 1 saturated heterocycles. The molecule has 4 rings (SSSR count). The number of benzene rings is 1. The van der Waals surface area contributed by atoms with Crippen LogP contribution in [0.3, 0.4) is 0 Å². The average Bonchev–Trinajstić information content (AvgIpc) is 2.99. The van der Waals surface area contributed by atoms with E-state index in [0.717, 1.165) is 59.2 Å². The van der Waals surface area contributed by atoms with Crippen LogP contribution < -0.4 is 10.2 Å². The molecule has 22 heavy (non-hydrogen) atoms. The molecule has 0 aliphatic carbocycles. The van der Waals surface area contributed by atoms with Crippen LogP contribution >= 0.6 is 11.6 Å². The number of aromatic nitrogens is 2. The minimum absolute atomic E-state index is 0.744. The Labute approximate surface area is 134 Å². The molecule has 0 bridgehead atoms. The maximum atomic E-state index is 6.04. The Hall–Kier alpha value is -2.04. The molecule has 0 unspecified atom stereocenters. The summed E-state index contributed by atoms with van der Waals surface area (Å²) in [4.78, 5) is 10.3. The first kappa shape index (κ1) is 13.6. The van der Waals surface area contributed by atoms with Gasteiger partial charge in [0.2, 0.25) is 0 Å². The van der Waals surface area contributed by atoms with Crippen molar-refractivity contribution in [2.45, 2.75) is 0 Å². The van der Waals surface area contributed by atoms with Crippen LogP contribution in [-0.2, 0) is 0 Å². The Morgan fingerprint density at radius 3 is 2.68 bits per heavy atom. The van der Waals surface area contributed by atoms with E-state index in [1.54, 1.807) is 0 Å². The Morgan fingerprint density at radius 2 is 1.91 bits per heavy atom. The Bertz CT molecular complexity index is 788. The largest absolute Gasteiger partial charge is 0.354 e. The zero-order valence-corrected chi connectivity index (χ0v) is 12.9. The number of hydrogen-bond donors (Lipinski definition) is 2. The van der Waals surface area contributed by atoms with Gasteiger partial charge < -0.3 is 15.2 Å². The summed E-state index contributed by atoms with van der Waals surface area (Å²) >= 11 is 6.04. The zero-order chi connectivity index (χ0) is 14.9. The van der Waals surface area contributed by atoms with Crippen LogP contribution in [0.4, 0.5) is 5.82 Å². The second-order valence-electron chi connectivity index (χ2n) is 5.56. The lowest BCUT2D eigenvalue weighted by atomic mass is 10.2. The van der Waals surface area contributed by atoms with Crippen molar-refractivity contribution in [1.29, 1.82) is 0 Å². The number of nitrogens with one attached hydrogen (secondary N) is 2. The quantitative estimate of drug-likeness (QED) is 0.763. The summed E-state index contributed by atoms with van der Waals surface area (Å²) in [7, 11) is 0. The summed E-state index contributed by atoms with van der Waals surface area (Å²) in [6, 6.07) is 12.2. The van der Waals surface area contributed by atoms with Crippen molar-refractivity contribution in [3.05, 3.63) is 47.6 Å². The molecule has 1 aliphatic rings. The third-order valence-corrected chi connectivity index (χ3v) is 4.32. The van der Waals surface area contributed by atoms with E-state index in [4.69, 9.17) is 11.6 Å². The van der Waals surface area contributed by atoms with Crippen LogP contribution in [0.25, 0.3) is 22.2 Å². The molecule has 0 amide bonds. The molecule has 3 heterocycles. The lowest BCUT2D eigenvalue weighted by Gasteiger charge is -2.28. The number of pyridine rings is 1. The maximum absolute atomic E-state index is 6.04. The minimum atomic E-state index is 0.744. The molecule has 0 spiro atoms. The smallest absolute Gasteiger partial charge is 0.128 e. The molecule has 0 radical (unpaired) electrons. The second kappa shape index (κ2) is 5.63. The predicted molar refractivity (Wildman–Crippen MR) is 91.6 cm³/mol. The summed E-state index contributed by atoms with van der Waals surface area (Å²) in [6.45, 7) is 4.06. The molecule has 1 aliphatic heterocycles. The number of nitrogens with zero attached hydrogens (tertiary/aromatic N) is 2. The number of hydrogen-bond acceptors (Lipinski definition) is 3. The standard InChI is InChI=1S/C17H17ClN4/c18-14-3-1-12-9-15(21-16(12)10-14)13-2-4-17(20-11-13)22-7-5-19-6-8-22/h1-4,9-11,19,21H,5-8H2. The first-order valence-corrected chi connectivity index (χ1v) is 7.88. The molecule has 4 nitrogen and oxygen atoms in total. The number of H-pyrrole nitrogens is 1. The van der Waals surface area contributed by atoms with E-state index in [2.05, 4.69) is 38.4 Å². The van der Waals surface area contributed by atoms with E-state index in [1.807, 2.05) is 24.4 Å². The lowest BCUT2D eigenvalue weighted by Crippen LogP contribution is -2.43. The SMILES string of the molecule is Clc1ccc2cc(-c3ccc(N4CCNCC4)nc3)[nH]c2c1. The summed E-state index contributed by atoms with van der Waals surface area (Å²) < 4.78 is 0. The molecule has 2 N–H and O–H groups in total. The molecule has 112 valence electrons. The molecule has 1 aromatic carbocycles. The molecule has 3 aromatic rings. The average molecular weight is 313 g/mol. The number of piperazine rings is 1. The monoisotopic (exact) mass is 312 g/mol. The molecular formula is C17H17ClN4. The van der Waals surface area contributed by atoms with Gasteiger partial charge in [-0.1, -0.05) is 17.7 Å². The third-order valence-electron chi connectivity index (χ3n) is 4.08. The van der Waals surface area contributed by atoms with Crippen molar-refractivity contribution < 1.29 is 0 Å². The van der Waals surface area contributed by atoms with Crippen molar-refractivity contribution >= 4 is 28.3 Å². The topological polar surface area (TPSA) is 44.0 Å². The highest BCUT2D eigenvalue weighted by atomic mass is 35.5. The second-order valence-corrected chi connectivity index (χ2v) is 5.99. The Kier molecular flexibility index (Phi) is 3.48. The van der Waals surface area contributed by atoms with E-state index in [-0.39, 0.29) is 0 Å². The van der Waals surface area contributed by atoms with Gasteiger partial charge in [-0.2, -0.15) is 0 Å². The molecular weight excluding hydrogens is 296 g/mol. The Balaban J connectivity index is 1.63. The highest BCUT2D eigenvalue weighted by Gasteiger charge is 2.12. The van der Waals surface area contributed by atoms with Gasteiger partial charge in [-0.05, 0) is 30.3 Å². The number of rotatable bonds is 2. The maximum Gasteiger partial charge on any atom is 0.128 e. The molecule has 0 saturated carbocycles. The van der Waals surface area contributed by atoms with Gasteiger partial charge in [0, 0.05) is 59.6 Å². The number of halogens is 1. The van der Waals surface area contributed by atoms with Gasteiger partial charge in [-0.3, -0.25) is 0 Å². The molecule has 2 aromatic heterocycles. The fourth-order valence-electron chi connectivity index (χ4n) is 2.88. The van der Waals surface area contributed by atoms with Gasteiger partial charge in [0.05, 0.1) is 0 Å². The van der Waals surface area contributed by atoms with Crippen molar-refractivity contribution in [2.24, 2.45) is 0 Å². The fourth-order valence-corrected chi connectivity index (χ4v) is 3.05. The van der Waals surface area contributed by atoms with Crippen molar-refractivity contribution in [1.82, 2.24) is 15.3 Å². The number of anilines is 1. The summed E-state index contributed by atoms with van der Waals surface area (Å²) in [6.07, 6.45) is 1.93. The van der Waals surface area contributed by atoms with Gasteiger partial charge in [-0.15, -0.1) is 0 Å². The zero-order valence-electron chi connectivity index (χ0n) is 12.1. The summed E-state index contributed by atoms with van der Waals surface area (Å²) in [5, 5.41) is 5.26. The summed E-state index contributed by atoms with van der Waals surface area (Å²) in [5.74, 6) is 1.05. The van der Waals surface area contributed by atoms with Crippen LogP contribution in [0.15, 0.2) is 42.6 Å². The normalized spacial score (nSPS) is 15.4. The number of aromatic amines is 1. The Morgan fingerprint density at radius 1 is 1.05 bits per heavy atom. The van der Waals surface area contributed by atoms with Crippen LogP contribution in [0.2, 0.25) is 5.02 Å². The molecule has 1 fully saturated rings. The van der Waals surface area contributed by atoms with Crippen molar-refractivity contribution in [3.63, 3.8) is 0 Å². The highest BCUT2D eigenvalue weighted by Crippen LogP contribution is 2.26. The summed E-state index contributed by atoms with van der Waals surface area (Å²) in [5.41, 5.74) is 3.21. The minimum Gasteiger partial charge on any atom is -0.354 e. The third kappa shape index (κ3) is 2.56. The number of fused-ring (bicyclic) bond motifs is 1. The van der Waals surface area contributed by atoms with Crippen molar-refractivity contribution in [2.75, 3.05) is 31.1 Å². The fraction of sp³-hybridized carbons (Fsp3) is 0.235. The van der Waals surface area contributed by atoms with Gasteiger partial charge in [-0.25, -0.2) is 4.98 Å². The van der Waals surface area contributed by atoms with Crippen LogP contribution in [0.1, 0.15) is 0 Å². The van der Waals surface area contributed by atoms with Gasteiger partial charge in [0.15, 0.2) is 0 Å². The van der Waals surface area contributed by atoms with Crippen LogP contribution in [0, 0.1) is 0 Å². The van der Waals surface area contributed by atoms with Crippen molar-refractivity contribution in [3.8, 4) is 11.3 Å². The van der Waals surface area contributed by atoms with Crippen LogP contribution in [0.5, 0.6) is 0 Å². The first-order valence-electron chi connectivity index (χ1n) is 7.50. The van der Waals surface area contributed by atoms with Gasteiger partial charge in [0.1, 0.15) is 5.82 Å². The van der Waals surface area contributed by atoms with Gasteiger partial charge >= 0.3 is 0 Å². The van der Waals surface area contributed by atoms with E-state index >= 15 is 0 Å². The van der Waals surface area contributed by atoms with Crippen LogP contribution in [-0.4, -0.2) is 36.1 Å². The first-order chi connectivity index (χ1) is 10.8. The van der Waals surface area contributed by atoms with E-state index in [9.17, 15) is 0 Å². The van der Waals surface area contributed by atoms with E-state index < -0.39 is 0 Å². The molecule has 0 atom stereocenters. The van der Waals surface area contributed by atoms with Gasteiger partial charge in [0.25, 0.3) is 0 Å². The molecule has 5 heteroatoms. The highest BCUT2D eigenvalue weighted by molar-refractivity contribution is 6.31. The van der Waals surface area contributed by atoms with E-state index in [0.29, 0.717) is 0 Å².